The first-order valence-electron chi connectivity index (χ1n) is 8.67. The van der Waals surface area contributed by atoms with E-state index in [0.717, 1.165) is 70.8 Å². The van der Waals surface area contributed by atoms with E-state index >= 15 is 0 Å². The molecule has 1 N–H and O–H groups in total. The molecule has 0 saturated carbocycles. The van der Waals surface area contributed by atoms with E-state index in [-0.39, 0.29) is 11.6 Å². The molecule has 6 nitrogen and oxygen atoms in total. The molecule has 6 heteroatoms. The van der Waals surface area contributed by atoms with Crippen molar-refractivity contribution in [3.63, 3.8) is 0 Å². The Morgan fingerprint density at radius 1 is 1.26 bits per heavy atom. The molecule has 0 unspecified atom stereocenters. The molecule has 3 aliphatic rings. The highest BCUT2D eigenvalue weighted by molar-refractivity contribution is 5.78. The highest BCUT2D eigenvalue weighted by Crippen LogP contribution is 2.35. The van der Waals surface area contributed by atoms with Crippen molar-refractivity contribution < 1.29 is 13.9 Å². The highest BCUT2D eigenvalue weighted by atomic mass is 16.5. The summed E-state index contributed by atoms with van der Waals surface area (Å²) in [4.78, 5) is 17.0. The summed E-state index contributed by atoms with van der Waals surface area (Å²) in [5, 5.41) is 3.08. The Kier molecular flexibility index (Phi) is 4.03. The lowest BCUT2D eigenvalue weighted by atomic mass is 9.86. The molecule has 3 fully saturated rings. The third-order valence-corrected chi connectivity index (χ3v) is 5.60. The second-order valence-corrected chi connectivity index (χ2v) is 6.95. The Balaban J connectivity index is 1.39. The average Bonchev–Trinajstić information content (AvgIpc) is 3.19. The number of amides is 2. The zero-order valence-corrected chi connectivity index (χ0v) is 13.5. The van der Waals surface area contributed by atoms with Gasteiger partial charge in [-0.15, -0.1) is 0 Å². The lowest BCUT2D eigenvalue weighted by molar-refractivity contribution is -0.0161. The minimum absolute atomic E-state index is 0.0107. The van der Waals surface area contributed by atoms with E-state index < -0.39 is 0 Å². The van der Waals surface area contributed by atoms with Gasteiger partial charge in [0.15, 0.2) is 0 Å². The predicted octanol–water partition coefficient (Wildman–Crippen LogP) is 1.82. The topological polar surface area (TPSA) is 58.0 Å². The van der Waals surface area contributed by atoms with Gasteiger partial charge in [0.1, 0.15) is 5.76 Å². The summed E-state index contributed by atoms with van der Waals surface area (Å²) >= 11 is 0. The van der Waals surface area contributed by atoms with Crippen LogP contribution in [-0.4, -0.2) is 60.3 Å². The maximum atomic E-state index is 12.4. The van der Waals surface area contributed by atoms with Crippen LogP contribution in [0, 0.1) is 0 Å². The lowest BCUT2D eigenvalue weighted by Gasteiger charge is -2.46. The molecule has 3 saturated heterocycles. The van der Waals surface area contributed by atoms with E-state index in [4.69, 9.17) is 9.15 Å². The molecule has 0 radical (unpaired) electrons. The Hall–Kier alpha value is -1.53. The van der Waals surface area contributed by atoms with Gasteiger partial charge >= 0.3 is 6.03 Å². The maximum absolute atomic E-state index is 12.4. The first kappa shape index (κ1) is 15.0. The summed E-state index contributed by atoms with van der Waals surface area (Å²) in [6.45, 7) is 5.21. The van der Waals surface area contributed by atoms with E-state index in [1.165, 1.54) is 0 Å². The molecule has 0 bridgehead atoms. The van der Waals surface area contributed by atoms with Crippen LogP contribution in [0.1, 0.15) is 31.4 Å². The van der Waals surface area contributed by atoms with Gasteiger partial charge in [-0.2, -0.15) is 0 Å². The number of carbonyl (C=O) groups is 1. The first-order valence-corrected chi connectivity index (χ1v) is 8.67. The summed E-state index contributed by atoms with van der Waals surface area (Å²) in [5.41, 5.74) is -0.0107. The predicted molar refractivity (Wildman–Crippen MR) is 85.0 cm³/mol. The number of carbonyl (C=O) groups excluding carboxylic acids is 1. The Morgan fingerprint density at radius 2 is 2.04 bits per heavy atom. The summed E-state index contributed by atoms with van der Waals surface area (Å²) in [6, 6.07) is 4.43. The number of piperidine rings is 1. The maximum Gasteiger partial charge on any atom is 0.318 e. The van der Waals surface area contributed by atoms with E-state index in [9.17, 15) is 4.79 Å². The smallest absolute Gasteiger partial charge is 0.318 e. The zero-order valence-electron chi connectivity index (χ0n) is 13.5. The van der Waals surface area contributed by atoms with Crippen molar-refractivity contribution in [1.82, 2.24) is 15.1 Å². The molecule has 4 rings (SSSR count). The molecule has 3 aliphatic heterocycles. The molecule has 126 valence electrons. The molecule has 0 atom stereocenters. The van der Waals surface area contributed by atoms with Crippen molar-refractivity contribution >= 4 is 6.03 Å². The van der Waals surface area contributed by atoms with Crippen molar-refractivity contribution in [2.24, 2.45) is 0 Å². The van der Waals surface area contributed by atoms with Gasteiger partial charge in [-0.1, -0.05) is 0 Å². The van der Waals surface area contributed by atoms with Crippen molar-refractivity contribution in [3.05, 3.63) is 24.2 Å². The number of furan rings is 1. The van der Waals surface area contributed by atoms with Gasteiger partial charge in [0, 0.05) is 38.9 Å². The number of ether oxygens (including phenoxy) is 1. The fraction of sp³-hybridized carbons (Fsp3) is 0.706. The van der Waals surface area contributed by atoms with Gasteiger partial charge in [-0.25, -0.2) is 4.79 Å². The molecule has 1 spiro atoms. The number of rotatable bonds is 3. The monoisotopic (exact) mass is 319 g/mol. The first-order chi connectivity index (χ1) is 11.3. The van der Waals surface area contributed by atoms with Crippen LogP contribution < -0.4 is 5.32 Å². The number of nitrogens with one attached hydrogen (secondary N) is 1. The van der Waals surface area contributed by atoms with Gasteiger partial charge < -0.3 is 19.4 Å². The fourth-order valence-electron chi connectivity index (χ4n) is 4.31. The molecular weight excluding hydrogens is 294 g/mol. The van der Waals surface area contributed by atoms with Crippen LogP contribution in [0.4, 0.5) is 4.79 Å². The fourth-order valence-corrected chi connectivity index (χ4v) is 4.31. The third kappa shape index (κ3) is 2.85. The summed E-state index contributed by atoms with van der Waals surface area (Å²) < 4.78 is 11.0. The molecule has 23 heavy (non-hydrogen) atoms. The summed E-state index contributed by atoms with van der Waals surface area (Å²) in [6.07, 6.45) is 5.72. The molecule has 0 aliphatic carbocycles. The van der Waals surface area contributed by atoms with Crippen LogP contribution >= 0.6 is 0 Å². The van der Waals surface area contributed by atoms with Crippen LogP contribution in [0.5, 0.6) is 0 Å². The van der Waals surface area contributed by atoms with Crippen LogP contribution in [0.25, 0.3) is 0 Å². The zero-order chi connectivity index (χ0) is 15.7. The molecule has 2 amide bonds. The van der Waals surface area contributed by atoms with Gasteiger partial charge in [0.2, 0.25) is 0 Å². The number of urea groups is 1. The average molecular weight is 319 g/mol. The normalized spacial score (nSPS) is 25.9. The van der Waals surface area contributed by atoms with E-state index in [0.29, 0.717) is 6.04 Å². The van der Waals surface area contributed by atoms with Crippen LogP contribution in [0.2, 0.25) is 0 Å². The molecule has 1 aromatic heterocycles. The third-order valence-electron chi connectivity index (χ3n) is 5.60. The summed E-state index contributed by atoms with van der Waals surface area (Å²) in [7, 11) is 0. The van der Waals surface area contributed by atoms with Gasteiger partial charge in [0.25, 0.3) is 0 Å². The molecule has 4 heterocycles. The quantitative estimate of drug-likeness (QED) is 0.923. The summed E-state index contributed by atoms with van der Waals surface area (Å²) in [5.74, 6) is 1.02. The van der Waals surface area contributed by atoms with E-state index in [2.05, 4.69) is 15.1 Å². The van der Waals surface area contributed by atoms with E-state index in [1.54, 1.807) is 6.26 Å². The van der Waals surface area contributed by atoms with E-state index in [1.807, 2.05) is 12.1 Å². The van der Waals surface area contributed by atoms with Gasteiger partial charge in [-0.05, 0) is 37.8 Å². The van der Waals surface area contributed by atoms with Crippen molar-refractivity contribution in [2.45, 2.75) is 43.8 Å². The minimum Gasteiger partial charge on any atom is -0.468 e. The van der Waals surface area contributed by atoms with Crippen LogP contribution in [-0.2, 0) is 11.3 Å². The second kappa shape index (κ2) is 6.17. The molecule has 1 aromatic rings. The number of likely N-dealkylation sites (tertiary alicyclic amines) is 1. The van der Waals surface area contributed by atoms with Gasteiger partial charge in [-0.3, -0.25) is 4.90 Å². The Labute approximate surface area is 136 Å². The van der Waals surface area contributed by atoms with Crippen LogP contribution in [0.3, 0.4) is 0 Å². The SMILES string of the molecule is O=C1NCC2(CCOCC2)N1C1CCN(Cc2ccco2)CC1. The molecular formula is C17H25N3O3. The van der Waals surface area contributed by atoms with Crippen molar-refractivity contribution in [1.29, 1.82) is 0 Å². The Morgan fingerprint density at radius 3 is 2.74 bits per heavy atom. The van der Waals surface area contributed by atoms with Crippen molar-refractivity contribution in [3.8, 4) is 0 Å². The lowest BCUT2D eigenvalue weighted by Crippen LogP contribution is -2.57. The number of hydrogen-bond acceptors (Lipinski definition) is 4. The number of hydrogen-bond donors (Lipinski definition) is 1. The largest absolute Gasteiger partial charge is 0.468 e. The van der Waals surface area contributed by atoms with Crippen LogP contribution in [0.15, 0.2) is 22.8 Å². The standard InChI is InChI=1S/C17H25N3O3/c21-16-18-13-17(5-10-22-11-6-17)20(16)14-3-7-19(8-4-14)12-15-2-1-9-23-15/h1-2,9,14H,3-8,10-13H2,(H,18,21). The Bertz CT molecular complexity index is 531. The minimum atomic E-state index is -0.0107. The highest BCUT2D eigenvalue weighted by Gasteiger charge is 2.49. The molecule has 0 aromatic carbocycles. The number of nitrogens with zero attached hydrogens (tertiary/aromatic N) is 2. The van der Waals surface area contributed by atoms with Gasteiger partial charge in [0.05, 0.1) is 18.3 Å². The second-order valence-electron chi connectivity index (χ2n) is 6.95. The van der Waals surface area contributed by atoms with Crippen molar-refractivity contribution in [2.75, 3.05) is 32.8 Å².